The Bertz CT molecular complexity index is 679. The molecule has 23 heavy (non-hydrogen) atoms. The van der Waals surface area contributed by atoms with Gasteiger partial charge in [-0.15, -0.1) is 0 Å². The lowest BCUT2D eigenvalue weighted by Gasteiger charge is -2.13. The van der Waals surface area contributed by atoms with E-state index in [0.717, 1.165) is 24.0 Å². The van der Waals surface area contributed by atoms with E-state index in [1.165, 1.54) is 0 Å². The van der Waals surface area contributed by atoms with Crippen LogP contribution in [0.25, 0.3) is 11.1 Å². The molecule has 0 saturated heterocycles. The van der Waals surface area contributed by atoms with Gasteiger partial charge >= 0.3 is 12.0 Å². The third-order valence-electron chi connectivity index (χ3n) is 3.91. The predicted molar refractivity (Wildman–Crippen MR) is 85.7 cm³/mol. The summed E-state index contributed by atoms with van der Waals surface area (Å²) < 4.78 is 10.6. The molecule has 0 atom stereocenters. The number of esters is 1. The average molecular weight is 313 g/mol. The molecule has 0 radical (unpaired) electrons. The maximum atomic E-state index is 11.9. The fraction of sp³-hybridized carbons (Fsp3) is 0.353. The third-order valence-corrected chi connectivity index (χ3v) is 3.91. The lowest BCUT2D eigenvalue weighted by atomic mass is 10.1. The van der Waals surface area contributed by atoms with Crippen LogP contribution in [0, 0.1) is 5.41 Å². The Hall–Kier alpha value is -2.63. The summed E-state index contributed by atoms with van der Waals surface area (Å²) in [6.07, 6.45) is 4.96. The van der Waals surface area contributed by atoms with Crippen molar-refractivity contribution in [3.8, 4) is 17.1 Å². The lowest BCUT2D eigenvalue weighted by Crippen LogP contribution is -2.26. The molecule has 0 unspecified atom stereocenters. The first-order valence-corrected chi connectivity index (χ1v) is 7.61. The molecule has 0 spiro atoms. The van der Waals surface area contributed by atoms with Crippen molar-refractivity contribution in [2.45, 2.75) is 19.8 Å². The molecular formula is C17H19N3O3. The van der Waals surface area contributed by atoms with Crippen molar-refractivity contribution in [1.29, 1.82) is 0 Å². The molecule has 1 aliphatic carbocycles. The lowest BCUT2D eigenvalue weighted by molar-refractivity contribution is -0.151. The number of carbonyl (C=O) groups is 1. The number of aromatic nitrogens is 2. The number of anilines is 1. The number of benzene rings is 1. The molecule has 2 N–H and O–H groups in total. The van der Waals surface area contributed by atoms with Crippen molar-refractivity contribution in [2.75, 3.05) is 18.9 Å². The van der Waals surface area contributed by atoms with Crippen LogP contribution >= 0.6 is 0 Å². The fourth-order valence-corrected chi connectivity index (χ4v) is 2.26. The number of hydrogen-bond donors (Lipinski definition) is 1. The van der Waals surface area contributed by atoms with Gasteiger partial charge in [0, 0.05) is 23.6 Å². The molecule has 1 heterocycles. The highest BCUT2D eigenvalue weighted by molar-refractivity contribution is 5.80. The van der Waals surface area contributed by atoms with Gasteiger partial charge in [-0.2, -0.15) is 0 Å². The van der Waals surface area contributed by atoms with E-state index in [2.05, 4.69) is 9.97 Å². The summed E-state index contributed by atoms with van der Waals surface area (Å²) >= 11 is 0. The number of ether oxygens (including phenoxy) is 2. The number of nitrogens with two attached hydrogens (primary N) is 1. The molecule has 0 amide bonds. The molecular weight excluding hydrogens is 294 g/mol. The van der Waals surface area contributed by atoms with Crippen molar-refractivity contribution in [1.82, 2.24) is 9.97 Å². The first-order valence-electron chi connectivity index (χ1n) is 7.61. The van der Waals surface area contributed by atoms with Gasteiger partial charge in [0.25, 0.3) is 0 Å². The second-order valence-electron chi connectivity index (χ2n) is 5.67. The standard InChI is InChI=1S/C17H19N3O3/c1-2-22-15(21)17(7-8-17)11-23-16-19-9-13(10-20-16)12-3-5-14(18)6-4-12/h3-6,9-10H,2,7-8,11,18H2,1H3. The van der Waals surface area contributed by atoms with Gasteiger partial charge in [0.1, 0.15) is 12.0 Å². The molecule has 1 aromatic heterocycles. The van der Waals surface area contributed by atoms with Crippen LogP contribution < -0.4 is 10.5 Å². The Morgan fingerprint density at radius 3 is 2.39 bits per heavy atom. The van der Waals surface area contributed by atoms with Crippen LogP contribution in [0.3, 0.4) is 0 Å². The molecule has 3 rings (SSSR count). The summed E-state index contributed by atoms with van der Waals surface area (Å²) in [4.78, 5) is 20.3. The third kappa shape index (κ3) is 3.41. The number of nitrogen functional groups attached to an aromatic ring is 1. The molecule has 0 aliphatic heterocycles. The van der Waals surface area contributed by atoms with E-state index in [9.17, 15) is 4.79 Å². The monoisotopic (exact) mass is 313 g/mol. The van der Waals surface area contributed by atoms with E-state index in [-0.39, 0.29) is 18.6 Å². The Kier molecular flexibility index (Phi) is 4.14. The number of carbonyl (C=O) groups excluding carboxylic acids is 1. The van der Waals surface area contributed by atoms with Crippen LogP contribution in [0.15, 0.2) is 36.7 Å². The van der Waals surface area contributed by atoms with E-state index in [1.807, 2.05) is 24.3 Å². The summed E-state index contributed by atoms with van der Waals surface area (Å²) in [6.45, 7) is 2.44. The Morgan fingerprint density at radius 2 is 1.83 bits per heavy atom. The fourth-order valence-electron chi connectivity index (χ4n) is 2.26. The SMILES string of the molecule is CCOC(=O)C1(COc2ncc(-c3ccc(N)cc3)cn2)CC1. The van der Waals surface area contributed by atoms with Gasteiger partial charge in [0.15, 0.2) is 0 Å². The molecule has 1 aromatic carbocycles. The van der Waals surface area contributed by atoms with Crippen molar-refractivity contribution in [3.05, 3.63) is 36.7 Å². The van der Waals surface area contributed by atoms with Gasteiger partial charge < -0.3 is 15.2 Å². The highest BCUT2D eigenvalue weighted by Gasteiger charge is 2.52. The van der Waals surface area contributed by atoms with Gasteiger partial charge in [-0.1, -0.05) is 12.1 Å². The maximum Gasteiger partial charge on any atom is 0.316 e. The van der Waals surface area contributed by atoms with Gasteiger partial charge in [-0.3, -0.25) is 4.79 Å². The second kappa shape index (κ2) is 6.24. The van der Waals surface area contributed by atoms with Crippen molar-refractivity contribution in [2.24, 2.45) is 5.41 Å². The zero-order chi connectivity index (χ0) is 16.3. The smallest absolute Gasteiger partial charge is 0.316 e. The molecule has 2 aromatic rings. The van der Waals surface area contributed by atoms with Gasteiger partial charge in [-0.25, -0.2) is 9.97 Å². The van der Waals surface area contributed by atoms with E-state index in [1.54, 1.807) is 19.3 Å². The molecule has 1 aliphatic rings. The molecule has 1 saturated carbocycles. The van der Waals surface area contributed by atoms with Crippen molar-refractivity contribution >= 4 is 11.7 Å². The highest BCUT2D eigenvalue weighted by Crippen LogP contribution is 2.46. The maximum absolute atomic E-state index is 11.9. The zero-order valence-electron chi connectivity index (χ0n) is 13.0. The topological polar surface area (TPSA) is 87.3 Å². The van der Waals surface area contributed by atoms with E-state index < -0.39 is 5.41 Å². The van der Waals surface area contributed by atoms with Crippen LogP contribution in [0.2, 0.25) is 0 Å². The number of hydrogen-bond acceptors (Lipinski definition) is 6. The zero-order valence-corrected chi connectivity index (χ0v) is 13.0. The summed E-state index contributed by atoms with van der Waals surface area (Å²) in [6, 6.07) is 7.74. The van der Waals surface area contributed by atoms with E-state index in [4.69, 9.17) is 15.2 Å². The summed E-state index contributed by atoms with van der Waals surface area (Å²) in [5.41, 5.74) is 7.74. The Morgan fingerprint density at radius 1 is 1.17 bits per heavy atom. The van der Waals surface area contributed by atoms with Crippen molar-refractivity contribution in [3.63, 3.8) is 0 Å². The minimum absolute atomic E-state index is 0.196. The van der Waals surface area contributed by atoms with Crippen LogP contribution in [0.1, 0.15) is 19.8 Å². The highest BCUT2D eigenvalue weighted by atomic mass is 16.5. The number of rotatable bonds is 6. The van der Waals surface area contributed by atoms with E-state index in [0.29, 0.717) is 12.3 Å². The van der Waals surface area contributed by atoms with E-state index >= 15 is 0 Å². The summed E-state index contributed by atoms with van der Waals surface area (Å²) in [5.74, 6) is -0.196. The van der Waals surface area contributed by atoms with Crippen LogP contribution in [-0.4, -0.2) is 29.2 Å². The second-order valence-corrected chi connectivity index (χ2v) is 5.67. The average Bonchev–Trinajstić information content (AvgIpc) is 3.36. The van der Waals surface area contributed by atoms with Crippen LogP contribution in [-0.2, 0) is 9.53 Å². The molecule has 1 fully saturated rings. The molecule has 120 valence electrons. The largest absolute Gasteiger partial charge is 0.465 e. The summed E-state index contributed by atoms with van der Waals surface area (Å²) in [7, 11) is 0. The van der Waals surface area contributed by atoms with Crippen molar-refractivity contribution < 1.29 is 14.3 Å². The normalized spacial score (nSPS) is 15.0. The van der Waals surface area contributed by atoms with Gasteiger partial charge in [0.05, 0.1) is 6.61 Å². The number of nitrogens with zero attached hydrogens (tertiary/aromatic N) is 2. The van der Waals surface area contributed by atoms with Crippen LogP contribution in [0.5, 0.6) is 6.01 Å². The predicted octanol–water partition coefficient (Wildman–Crippen LogP) is 2.45. The first kappa shape index (κ1) is 15.3. The Balaban J connectivity index is 1.62. The van der Waals surface area contributed by atoms with Gasteiger partial charge in [0.2, 0.25) is 0 Å². The van der Waals surface area contributed by atoms with Gasteiger partial charge in [-0.05, 0) is 37.5 Å². The minimum Gasteiger partial charge on any atom is -0.465 e. The summed E-state index contributed by atoms with van der Waals surface area (Å²) in [5, 5.41) is 0. The van der Waals surface area contributed by atoms with Crippen LogP contribution in [0.4, 0.5) is 5.69 Å². The molecule has 0 bridgehead atoms. The minimum atomic E-state index is -0.505. The molecule has 6 heteroatoms. The Labute approximate surface area is 134 Å². The molecule has 6 nitrogen and oxygen atoms in total. The quantitative estimate of drug-likeness (QED) is 0.651. The first-order chi connectivity index (χ1) is 11.1.